The number of nitrogens with one attached hydrogen (secondary N) is 1. The first-order valence-corrected chi connectivity index (χ1v) is 9.54. The van der Waals surface area contributed by atoms with Crippen LogP contribution in [0.5, 0.6) is 0 Å². The molecule has 0 unspecified atom stereocenters. The van der Waals surface area contributed by atoms with Crippen LogP contribution < -0.4 is 4.72 Å². The molecule has 1 N–H and O–H groups in total. The van der Waals surface area contributed by atoms with Gasteiger partial charge >= 0.3 is 0 Å². The van der Waals surface area contributed by atoms with Crippen LogP contribution in [0, 0.1) is 0 Å². The minimum absolute atomic E-state index is 0.00134. The standard InChI is InChI=1S/C16H25N3O3S/c1-4-23(21,22)17-14-9-7-13(8-10-14)16(20)19-11-5-6-15(12-19)18(2)3/h7-10,15,17H,4-6,11-12H2,1-3H3/t15-/m0/s1. The van der Waals surface area contributed by atoms with Crippen molar-refractivity contribution < 1.29 is 13.2 Å². The lowest BCUT2D eigenvalue weighted by Crippen LogP contribution is -2.47. The third kappa shape index (κ3) is 4.68. The molecule has 1 aromatic rings. The van der Waals surface area contributed by atoms with Crippen molar-refractivity contribution in [3.8, 4) is 0 Å². The van der Waals surface area contributed by atoms with Crippen LogP contribution >= 0.6 is 0 Å². The van der Waals surface area contributed by atoms with Crippen LogP contribution in [0.25, 0.3) is 0 Å². The second-order valence-corrected chi connectivity index (χ2v) is 8.10. The van der Waals surface area contributed by atoms with E-state index in [1.165, 1.54) is 0 Å². The van der Waals surface area contributed by atoms with Gasteiger partial charge in [0, 0.05) is 30.4 Å². The first-order valence-electron chi connectivity index (χ1n) is 7.88. The number of amides is 1. The molecule has 1 aliphatic heterocycles. The van der Waals surface area contributed by atoms with Gasteiger partial charge < -0.3 is 9.80 Å². The SMILES string of the molecule is CCS(=O)(=O)Nc1ccc(C(=O)N2CCC[C@H](N(C)C)C2)cc1. The Morgan fingerprint density at radius 2 is 1.96 bits per heavy atom. The van der Waals surface area contributed by atoms with Gasteiger partial charge in [0.25, 0.3) is 5.91 Å². The third-order valence-electron chi connectivity index (χ3n) is 4.20. The summed E-state index contributed by atoms with van der Waals surface area (Å²) in [5.74, 6) is 0.0226. The van der Waals surface area contributed by atoms with Crippen molar-refractivity contribution in [2.45, 2.75) is 25.8 Å². The molecular weight excluding hydrogens is 314 g/mol. The van der Waals surface area contributed by atoms with E-state index in [4.69, 9.17) is 0 Å². The van der Waals surface area contributed by atoms with Crippen molar-refractivity contribution >= 4 is 21.6 Å². The summed E-state index contributed by atoms with van der Waals surface area (Å²) in [4.78, 5) is 16.6. The van der Waals surface area contributed by atoms with Gasteiger partial charge in [-0.05, 0) is 58.1 Å². The Kier molecular flexibility index (Phi) is 5.64. The number of sulfonamides is 1. The highest BCUT2D eigenvalue weighted by molar-refractivity contribution is 7.92. The van der Waals surface area contributed by atoms with Crippen LogP contribution in [0.1, 0.15) is 30.1 Å². The highest BCUT2D eigenvalue weighted by Crippen LogP contribution is 2.18. The topological polar surface area (TPSA) is 69.7 Å². The van der Waals surface area contributed by atoms with Gasteiger partial charge in [0.05, 0.1) is 5.75 Å². The van der Waals surface area contributed by atoms with E-state index in [-0.39, 0.29) is 11.7 Å². The normalized spacial score (nSPS) is 19.0. The average Bonchev–Trinajstić information content (AvgIpc) is 2.54. The summed E-state index contributed by atoms with van der Waals surface area (Å²) in [5, 5.41) is 0. The van der Waals surface area contributed by atoms with E-state index in [1.54, 1.807) is 31.2 Å². The molecule has 0 aromatic heterocycles. The zero-order valence-electron chi connectivity index (χ0n) is 13.9. The van der Waals surface area contributed by atoms with Crippen molar-refractivity contribution in [1.29, 1.82) is 0 Å². The molecule has 0 spiro atoms. The molecule has 0 radical (unpaired) electrons. The fourth-order valence-corrected chi connectivity index (χ4v) is 3.32. The minimum Gasteiger partial charge on any atom is -0.337 e. The summed E-state index contributed by atoms with van der Waals surface area (Å²) in [6, 6.07) is 7.01. The largest absolute Gasteiger partial charge is 0.337 e. The second-order valence-electron chi connectivity index (χ2n) is 6.09. The zero-order chi connectivity index (χ0) is 17.0. The Bertz CT molecular complexity index is 641. The van der Waals surface area contributed by atoms with Crippen molar-refractivity contribution in [3.63, 3.8) is 0 Å². The monoisotopic (exact) mass is 339 g/mol. The molecule has 6 nitrogen and oxygen atoms in total. The van der Waals surface area contributed by atoms with Crippen molar-refractivity contribution in [2.75, 3.05) is 37.7 Å². The fourth-order valence-electron chi connectivity index (χ4n) is 2.68. The highest BCUT2D eigenvalue weighted by Gasteiger charge is 2.25. The maximum Gasteiger partial charge on any atom is 0.253 e. The molecule has 7 heteroatoms. The van der Waals surface area contributed by atoms with Crippen LogP contribution in [0.3, 0.4) is 0 Å². The van der Waals surface area contributed by atoms with Crippen LogP contribution in [0.4, 0.5) is 5.69 Å². The molecule has 0 bridgehead atoms. The first-order chi connectivity index (χ1) is 10.8. The van der Waals surface area contributed by atoms with E-state index >= 15 is 0 Å². The van der Waals surface area contributed by atoms with Gasteiger partial charge in [0.1, 0.15) is 0 Å². The summed E-state index contributed by atoms with van der Waals surface area (Å²) in [6.45, 7) is 3.08. The smallest absolute Gasteiger partial charge is 0.253 e. The lowest BCUT2D eigenvalue weighted by atomic mass is 10.0. The zero-order valence-corrected chi connectivity index (χ0v) is 14.8. The number of benzene rings is 1. The quantitative estimate of drug-likeness (QED) is 0.885. The van der Waals surface area contributed by atoms with Crippen LogP contribution in [0.2, 0.25) is 0 Å². The van der Waals surface area contributed by atoms with E-state index in [1.807, 2.05) is 19.0 Å². The maximum absolute atomic E-state index is 12.6. The molecule has 23 heavy (non-hydrogen) atoms. The Hall–Kier alpha value is -1.60. The number of anilines is 1. The summed E-state index contributed by atoms with van der Waals surface area (Å²) in [5.41, 5.74) is 1.07. The Balaban J connectivity index is 2.05. The van der Waals surface area contributed by atoms with Gasteiger partial charge in [-0.3, -0.25) is 9.52 Å². The minimum atomic E-state index is -3.29. The van der Waals surface area contributed by atoms with Crippen molar-refractivity contribution in [3.05, 3.63) is 29.8 Å². The molecule has 1 amide bonds. The van der Waals surface area contributed by atoms with E-state index in [0.717, 1.165) is 25.9 Å². The van der Waals surface area contributed by atoms with Crippen molar-refractivity contribution in [2.24, 2.45) is 0 Å². The number of likely N-dealkylation sites (tertiary alicyclic amines) is 1. The van der Waals surface area contributed by atoms with Gasteiger partial charge in [-0.15, -0.1) is 0 Å². The number of likely N-dealkylation sites (N-methyl/N-ethyl adjacent to an activating group) is 1. The number of carbonyl (C=O) groups is 1. The average molecular weight is 339 g/mol. The van der Waals surface area contributed by atoms with Crippen LogP contribution in [0.15, 0.2) is 24.3 Å². The van der Waals surface area contributed by atoms with E-state index in [9.17, 15) is 13.2 Å². The van der Waals surface area contributed by atoms with Gasteiger partial charge in [0.2, 0.25) is 10.0 Å². The van der Waals surface area contributed by atoms with E-state index in [2.05, 4.69) is 9.62 Å². The number of hydrogen-bond acceptors (Lipinski definition) is 4. The first kappa shape index (κ1) is 17.7. The predicted octanol–water partition coefficient (Wildman–Crippen LogP) is 1.61. The number of nitrogens with zero attached hydrogens (tertiary/aromatic N) is 2. The van der Waals surface area contributed by atoms with Gasteiger partial charge in [0.15, 0.2) is 0 Å². The molecule has 1 saturated heterocycles. The van der Waals surface area contributed by atoms with Gasteiger partial charge in [-0.1, -0.05) is 0 Å². The fraction of sp³-hybridized carbons (Fsp3) is 0.562. The highest BCUT2D eigenvalue weighted by atomic mass is 32.2. The van der Waals surface area contributed by atoms with Crippen molar-refractivity contribution in [1.82, 2.24) is 9.80 Å². The van der Waals surface area contributed by atoms with E-state index in [0.29, 0.717) is 17.3 Å². The molecule has 1 heterocycles. The Labute approximate surface area is 138 Å². The summed E-state index contributed by atoms with van der Waals surface area (Å²) in [6.07, 6.45) is 2.11. The van der Waals surface area contributed by atoms with Crippen LogP contribution in [-0.4, -0.2) is 63.1 Å². The van der Waals surface area contributed by atoms with Crippen LogP contribution in [-0.2, 0) is 10.0 Å². The number of hydrogen-bond donors (Lipinski definition) is 1. The number of piperidine rings is 1. The summed E-state index contributed by atoms with van der Waals surface area (Å²) < 4.78 is 25.6. The number of rotatable bonds is 5. The molecule has 128 valence electrons. The molecular formula is C16H25N3O3S. The molecule has 1 fully saturated rings. The number of carbonyl (C=O) groups excluding carboxylic acids is 1. The molecule has 1 aromatic carbocycles. The molecule has 0 saturated carbocycles. The van der Waals surface area contributed by atoms with Gasteiger partial charge in [-0.25, -0.2) is 8.42 Å². The Morgan fingerprint density at radius 3 is 2.52 bits per heavy atom. The molecule has 1 atom stereocenters. The molecule has 1 aliphatic rings. The van der Waals surface area contributed by atoms with E-state index < -0.39 is 10.0 Å². The maximum atomic E-state index is 12.6. The lowest BCUT2D eigenvalue weighted by Gasteiger charge is -2.36. The summed E-state index contributed by atoms with van der Waals surface area (Å²) in [7, 11) is 0.776. The van der Waals surface area contributed by atoms with Gasteiger partial charge in [-0.2, -0.15) is 0 Å². The predicted molar refractivity (Wildman–Crippen MR) is 92.1 cm³/mol. The lowest BCUT2D eigenvalue weighted by molar-refractivity contribution is 0.0635. The Morgan fingerprint density at radius 1 is 1.30 bits per heavy atom. The second kappa shape index (κ2) is 7.31. The summed E-state index contributed by atoms with van der Waals surface area (Å²) >= 11 is 0. The molecule has 2 rings (SSSR count). The molecule has 0 aliphatic carbocycles. The third-order valence-corrected chi connectivity index (χ3v) is 5.51.